The fourth-order valence-electron chi connectivity index (χ4n) is 1.79. The Bertz CT molecular complexity index is 501. The van der Waals surface area contributed by atoms with Crippen molar-refractivity contribution < 1.29 is 8.42 Å². The predicted molar refractivity (Wildman–Crippen MR) is 74.3 cm³/mol. The lowest BCUT2D eigenvalue weighted by molar-refractivity contribution is 0.354. The Kier molecular flexibility index (Phi) is 4.74. The van der Waals surface area contributed by atoms with Crippen molar-refractivity contribution in [1.82, 2.24) is 14.3 Å². The highest BCUT2D eigenvalue weighted by Crippen LogP contribution is 2.15. The smallest absolute Gasteiger partial charge is 0.279 e. The van der Waals surface area contributed by atoms with Crippen LogP contribution in [0.15, 0.2) is 28.7 Å². The summed E-state index contributed by atoms with van der Waals surface area (Å²) in [5.41, 5.74) is 0.927. The Labute approximate surface area is 116 Å². The molecule has 0 unspecified atom stereocenters. The molecule has 0 radical (unpaired) electrons. The molecule has 1 fully saturated rings. The summed E-state index contributed by atoms with van der Waals surface area (Å²) >= 11 is 3.40. The first-order chi connectivity index (χ1) is 8.59. The van der Waals surface area contributed by atoms with Gasteiger partial charge in [-0.3, -0.25) is 0 Å². The average molecular weight is 334 g/mol. The summed E-state index contributed by atoms with van der Waals surface area (Å²) in [7, 11) is -3.38. The molecule has 5 nitrogen and oxygen atoms in total. The Morgan fingerprint density at radius 1 is 1.28 bits per heavy atom. The number of rotatable bonds is 4. The van der Waals surface area contributed by atoms with Gasteiger partial charge in [-0.05, 0) is 11.6 Å². The van der Waals surface area contributed by atoms with Crippen molar-refractivity contribution in [2.24, 2.45) is 0 Å². The summed E-state index contributed by atoms with van der Waals surface area (Å²) in [6.07, 6.45) is 0. The van der Waals surface area contributed by atoms with E-state index < -0.39 is 10.2 Å². The Balaban J connectivity index is 1.98. The standard InChI is InChI=1S/C11H16BrN3O2S/c12-11-4-2-1-3-10(11)9-14-18(16,17)15-7-5-13-6-8-15/h1-4,13-14H,5-9H2. The van der Waals surface area contributed by atoms with Gasteiger partial charge in [-0.15, -0.1) is 0 Å². The van der Waals surface area contributed by atoms with Crippen LogP contribution in [0.2, 0.25) is 0 Å². The Morgan fingerprint density at radius 2 is 1.94 bits per heavy atom. The average Bonchev–Trinajstić information content (AvgIpc) is 2.39. The molecule has 1 heterocycles. The van der Waals surface area contributed by atoms with Crippen molar-refractivity contribution in [2.75, 3.05) is 26.2 Å². The van der Waals surface area contributed by atoms with Crippen molar-refractivity contribution in [1.29, 1.82) is 0 Å². The van der Waals surface area contributed by atoms with Crippen LogP contribution in [0.3, 0.4) is 0 Å². The van der Waals surface area contributed by atoms with Crippen molar-refractivity contribution in [3.63, 3.8) is 0 Å². The van der Waals surface area contributed by atoms with Crippen LogP contribution in [0.5, 0.6) is 0 Å². The van der Waals surface area contributed by atoms with Crippen LogP contribution in [0, 0.1) is 0 Å². The van der Waals surface area contributed by atoms with Gasteiger partial charge in [0.2, 0.25) is 0 Å². The van der Waals surface area contributed by atoms with Crippen molar-refractivity contribution in [3.05, 3.63) is 34.3 Å². The lowest BCUT2D eigenvalue weighted by Crippen LogP contribution is -2.50. The van der Waals surface area contributed by atoms with E-state index in [1.165, 1.54) is 4.31 Å². The van der Waals surface area contributed by atoms with Gasteiger partial charge in [0.05, 0.1) is 0 Å². The first-order valence-electron chi connectivity index (χ1n) is 5.78. The predicted octanol–water partition coefficient (Wildman–Crippen LogP) is 0.689. The summed E-state index contributed by atoms with van der Waals surface area (Å²) in [6, 6.07) is 7.58. The highest BCUT2D eigenvalue weighted by atomic mass is 79.9. The minimum Gasteiger partial charge on any atom is -0.314 e. The normalized spacial score (nSPS) is 17.8. The maximum absolute atomic E-state index is 12.0. The molecule has 2 rings (SSSR count). The Hall–Kier alpha value is -0.470. The number of hydrogen-bond acceptors (Lipinski definition) is 3. The van der Waals surface area contributed by atoms with Crippen LogP contribution in [0.25, 0.3) is 0 Å². The van der Waals surface area contributed by atoms with E-state index in [-0.39, 0.29) is 0 Å². The second-order valence-corrected chi connectivity index (χ2v) is 6.68. The molecule has 7 heteroatoms. The number of halogens is 1. The van der Waals surface area contributed by atoms with Gasteiger partial charge in [0.25, 0.3) is 10.2 Å². The van der Waals surface area contributed by atoms with Crippen molar-refractivity contribution in [3.8, 4) is 0 Å². The van der Waals surface area contributed by atoms with Crippen LogP contribution in [0.1, 0.15) is 5.56 Å². The highest BCUT2D eigenvalue weighted by molar-refractivity contribution is 9.10. The van der Waals surface area contributed by atoms with Crippen molar-refractivity contribution >= 4 is 26.1 Å². The third kappa shape index (κ3) is 3.52. The fourth-order valence-corrected chi connectivity index (χ4v) is 3.40. The van der Waals surface area contributed by atoms with Crippen LogP contribution in [-0.2, 0) is 16.8 Å². The van der Waals surface area contributed by atoms with E-state index >= 15 is 0 Å². The number of hydrogen-bond donors (Lipinski definition) is 2. The molecule has 1 aliphatic rings. The summed E-state index contributed by atoms with van der Waals surface area (Å²) in [6.45, 7) is 2.75. The quantitative estimate of drug-likeness (QED) is 0.852. The van der Waals surface area contributed by atoms with Gasteiger partial charge in [0, 0.05) is 37.2 Å². The first-order valence-corrected chi connectivity index (χ1v) is 8.02. The number of nitrogens with one attached hydrogen (secondary N) is 2. The number of piperazine rings is 1. The Morgan fingerprint density at radius 3 is 2.61 bits per heavy atom. The van der Waals surface area contributed by atoms with Gasteiger partial charge in [0.15, 0.2) is 0 Å². The molecular weight excluding hydrogens is 318 g/mol. The summed E-state index contributed by atoms with van der Waals surface area (Å²) in [5.74, 6) is 0. The van der Waals surface area contributed by atoms with Gasteiger partial charge in [-0.2, -0.15) is 17.4 Å². The molecule has 0 aliphatic carbocycles. The molecule has 2 N–H and O–H groups in total. The molecule has 0 atom stereocenters. The molecule has 0 spiro atoms. The molecule has 18 heavy (non-hydrogen) atoms. The molecule has 1 saturated heterocycles. The topological polar surface area (TPSA) is 61.4 Å². The number of nitrogens with zero attached hydrogens (tertiary/aromatic N) is 1. The largest absolute Gasteiger partial charge is 0.314 e. The van der Waals surface area contributed by atoms with E-state index in [9.17, 15) is 8.42 Å². The van der Waals surface area contributed by atoms with Crippen LogP contribution < -0.4 is 10.0 Å². The van der Waals surface area contributed by atoms with Crippen molar-refractivity contribution in [2.45, 2.75) is 6.54 Å². The second-order valence-electron chi connectivity index (χ2n) is 4.07. The zero-order chi connectivity index (χ0) is 13.0. The van der Waals surface area contributed by atoms with Crippen LogP contribution in [0.4, 0.5) is 0 Å². The SMILES string of the molecule is O=S(=O)(NCc1ccccc1Br)N1CCNCC1. The van der Waals surface area contributed by atoms with E-state index in [0.29, 0.717) is 32.7 Å². The molecule has 1 aromatic rings. The zero-order valence-corrected chi connectivity index (χ0v) is 12.3. The monoisotopic (exact) mass is 333 g/mol. The minimum atomic E-state index is -3.38. The molecule has 0 aromatic heterocycles. The highest BCUT2D eigenvalue weighted by Gasteiger charge is 2.23. The van der Waals surface area contributed by atoms with Crippen LogP contribution in [-0.4, -0.2) is 38.9 Å². The molecule has 0 saturated carbocycles. The van der Waals surface area contributed by atoms with Gasteiger partial charge in [-0.25, -0.2) is 0 Å². The number of benzene rings is 1. The van der Waals surface area contributed by atoms with E-state index in [2.05, 4.69) is 26.0 Å². The van der Waals surface area contributed by atoms with Gasteiger partial charge >= 0.3 is 0 Å². The van der Waals surface area contributed by atoms with E-state index in [1.807, 2.05) is 24.3 Å². The van der Waals surface area contributed by atoms with E-state index in [0.717, 1.165) is 10.0 Å². The summed E-state index contributed by atoms with van der Waals surface area (Å²) in [4.78, 5) is 0. The second kappa shape index (κ2) is 6.12. The molecular formula is C11H16BrN3O2S. The fraction of sp³-hybridized carbons (Fsp3) is 0.455. The maximum atomic E-state index is 12.0. The van der Waals surface area contributed by atoms with Crippen LogP contribution >= 0.6 is 15.9 Å². The van der Waals surface area contributed by atoms with Gasteiger partial charge in [0.1, 0.15) is 0 Å². The molecule has 1 aliphatic heterocycles. The van der Waals surface area contributed by atoms with E-state index in [1.54, 1.807) is 0 Å². The third-order valence-corrected chi connectivity index (χ3v) is 5.15. The maximum Gasteiger partial charge on any atom is 0.279 e. The van der Waals surface area contributed by atoms with Gasteiger partial charge in [-0.1, -0.05) is 34.1 Å². The molecule has 0 amide bonds. The lowest BCUT2D eigenvalue weighted by atomic mass is 10.2. The minimum absolute atomic E-state index is 0.299. The van der Waals surface area contributed by atoms with Gasteiger partial charge < -0.3 is 5.32 Å². The molecule has 1 aromatic carbocycles. The lowest BCUT2D eigenvalue weighted by Gasteiger charge is -2.26. The molecule has 0 bridgehead atoms. The summed E-state index contributed by atoms with van der Waals surface area (Å²) in [5, 5.41) is 3.13. The summed E-state index contributed by atoms with van der Waals surface area (Å²) < 4.78 is 29.1. The first kappa shape index (κ1) is 14.0. The zero-order valence-electron chi connectivity index (χ0n) is 9.89. The molecule has 100 valence electrons. The third-order valence-electron chi connectivity index (χ3n) is 2.82. The van der Waals surface area contributed by atoms with E-state index in [4.69, 9.17) is 0 Å².